The lowest BCUT2D eigenvalue weighted by atomic mass is 10.3. The van der Waals surface area contributed by atoms with Crippen LogP contribution < -0.4 is 0 Å². The van der Waals surface area contributed by atoms with E-state index in [9.17, 15) is 4.79 Å². The van der Waals surface area contributed by atoms with Crippen molar-refractivity contribution in [3.05, 3.63) is 30.1 Å². The van der Waals surface area contributed by atoms with Crippen molar-refractivity contribution in [1.29, 1.82) is 0 Å². The lowest BCUT2D eigenvalue weighted by Crippen LogP contribution is -2.09. The smallest absolute Gasteiger partial charge is 0.337 e. The molecule has 0 amide bonds. The predicted molar refractivity (Wildman–Crippen MR) is 59.4 cm³/mol. The van der Waals surface area contributed by atoms with Crippen LogP contribution in [0, 0.1) is 0 Å². The molecular formula is C11H17NO4. The Labute approximate surface area is 94.7 Å². The van der Waals surface area contributed by atoms with Gasteiger partial charge in [0.25, 0.3) is 0 Å². The fourth-order valence-corrected chi connectivity index (χ4v) is 0.778. The van der Waals surface area contributed by atoms with Gasteiger partial charge < -0.3 is 14.9 Å². The number of hydrogen-bond donors (Lipinski definition) is 2. The number of ether oxygens (including phenoxy) is 1. The Morgan fingerprint density at radius 1 is 1.62 bits per heavy atom. The van der Waals surface area contributed by atoms with Gasteiger partial charge in [-0.3, -0.25) is 4.98 Å². The van der Waals surface area contributed by atoms with Gasteiger partial charge >= 0.3 is 5.97 Å². The molecule has 1 atom stereocenters. The summed E-state index contributed by atoms with van der Waals surface area (Å²) in [5.41, 5.74) is 0.220. The van der Waals surface area contributed by atoms with Crippen molar-refractivity contribution in [3.8, 4) is 0 Å². The quantitative estimate of drug-likeness (QED) is 0.807. The van der Waals surface area contributed by atoms with Crippen molar-refractivity contribution in [2.45, 2.75) is 20.0 Å². The summed E-state index contributed by atoms with van der Waals surface area (Å²) < 4.78 is 4.84. The number of aromatic nitrogens is 1. The molecule has 0 saturated heterocycles. The molecule has 1 heterocycles. The fraction of sp³-hybridized carbons (Fsp3) is 0.455. The Kier molecular flexibility index (Phi) is 8.01. The highest BCUT2D eigenvalue weighted by molar-refractivity contribution is 5.86. The zero-order chi connectivity index (χ0) is 12.4. The monoisotopic (exact) mass is 227 g/mol. The molecule has 16 heavy (non-hydrogen) atoms. The van der Waals surface area contributed by atoms with Crippen LogP contribution in [0.4, 0.5) is 0 Å². The van der Waals surface area contributed by atoms with Crippen LogP contribution in [-0.4, -0.2) is 40.5 Å². The van der Waals surface area contributed by atoms with E-state index in [0.717, 1.165) is 0 Å². The first-order valence-corrected chi connectivity index (χ1v) is 4.97. The molecule has 5 nitrogen and oxygen atoms in total. The van der Waals surface area contributed by atoms with Crippen LogP contribution in [0.15, 0.2) is 24.5 Å². The van der Waals surface area contributed by atoms with E-state index in [1.54, 1.807) is 13.0 Å². The molecule has 0 aliphatic carbocycles. The number of carboxylic acid groups (broad SMARTS) is 1. The minimum Gasteiger partial charge on any atom is -0.478 e. The number of aromatic carboxylic acids is 1. The summed E-state index contributed by atoms with van der Waals surface area (Å²) in [6, 6.07) is 3.08. The molecule has 1 rings (SSSR count). The van der Waals surface area contributed by atoms with Gasteiger partial charge in [-0.2, -0.15) is 0 Å². The molecule has 0 radical (unpaired) electrons. The first-order valence-electron chi connectivity index (χ1n) is 4.97. The molecule has 1 aromatic heterocycles. The van der Waals surface area contributed by atoms with Crippen LogP contribution in [0.1, 0.15) is 24.2 Å². The van der Waals surface area contributed by atoms with Crippen LogP contribution >= 0.6 is 0 Å². The average molecular weight is 227 g/mol. The lowest BCUT2D eigenvalue weighted by Gasteiger charge is -2.00. The second-order valence-corrected chi connectivity index (χ2v) is 3.06. The van der Waals surface area contributed by atoms with E-state index in [1.165, 1.54) is 18.5 Å². The highest BCUT2D eigenvalue weighted by Gasteiger charge is 1.97. The van der Waals surface area contributed by atoms with Gasteiger partial charge in [0, 0.05) is 19.0 Å². The fourth-order valence-electron chi connectivity index (χ4n) is 0.778. The number of hydrogen-bond acceptors (Lipinski definition) is 4. The lowest BCUT2D eigenvalue weighted by molar-refractivity contribution is 0.0527. The number of pyridine rings is 1. The Hall–Kier alpha value is -1.46. The highest BCUT2D eigenvalue weighted by Crippen LogP contribution is 1.92. The minimum atomic E-state index is -0.942. The number of carbonyl (C=O) groups is 1. The number of aliphatic hydroxyl groups excluding tert-OH is 1. The Balaban J connectivity index is 0.000000293. The van der Waals surface area contributed by atoms with Crippen LogP contribution in [-0.2, 0) is 4.74 Å². The summed E-state index contributed by atoms with van der Waals surface area (Å²) >= 11 is 0. The zero-order valence-corrected chi connectivity index (χ0v) is 9.46. The first kappa shape index (κ1) is 14.5. The maximum absolute atomic E-state index is 10.2. The molecule has 90 valence electrons. The van der Waals surface area contributed by atoms with Gasteiger partial charge in [-0.05, 0) is 26.0 Å². The van der Waals surface area contributed by atoms with Gasteiger partial charge in [-0.1, -0.05) is 0 Å². The molecule has 1 unspecified atom stereocenters. The van der Waals surface area contributed by atoms with Crippen molar-refractivity contribution >= 4 is 5.97 Å². The van der Waals surface area contributed by atoms with Gasteiger partial charge in [-0.15, -0.1) is 0 Å². The topological polar surface area (TPSA) is 79.7 Å². The summed E-state index contributed by atoms with van der Waals surface area (Å²) in [5.74, 6) is -0.942. The Morgan fingerprint density at radius 3 is 2.56 bits per heavy atom. The third-order valence-corrected chi connectivity index (χ3v) is 1.47. The van der Waals surface area contributed by atoms with Crippen LogP contribution in [0.3, 0.4) is 0 Å². The highest BCUT2D eigenvalue weighted by atomic mass is 16.5. The molecule has 2 N–H and O–H groups in total. The largest absolute Gasteiger partial charge is 0.478 e. The molecule has 0 fully saturated rings. The van der Waals surface area contributed by atoms with Crippen molar-refractivity contribution in [2.75, 3.05) is 13.2 Å². The van der Waals surface area contributed by atoms with E-state index in [1.807, 2.05) is 6.92 Å². The van der Waals surface area contributed by atoms with E-state index in [0.29, 0.717) is 13.2 Å². The molecule has 1 aromatic rings. The van der Waals surface area contributed by atoms with Crippen molar-refractivity contribution in [2.24, 2.45) is 0 Å². The molecule has 0 saturated carbocycles. The molecule has 5 heteroatoms. The maximum Gasteiger partial charge on any atom is 0.337 e. The van der Waals surface area contributed by atoms with Gasteiger partial charge in [0.15, 0.2) is 0 Å². The number of carboxylic acids is 1. The zero-order valence-electron chi connectivity index (χ0n) is 9.46. The van der Waals surface area contributed by atoms with Crippen LogP contribution in [0.2, 0.25) is 0 Å². The van der Waals surface area contributed by atoms with Gasteiger partial charge in [-0.25, -0.2) is 4.79 Å². The molecule has 0 spiro atoms. The summed E-state index contributed by atoms with van der Waals surface area (Å²) in [6.07, 6.45) is 2.52. The van der Waals surface area contributed by atoms with Gasteiger partial charge in [0.1, 0.15) is 0 Å². The predicted octanol–water partition coefficient (Wildman–Crippen LogP) is 1.18. The average Bonchev–Trinajstić information content (AvgIpc) is 2.28. The van der Waals surface area contributed by atoms with E-state index in [2.05, 4.69) is 4.98 Å². The first-order chi connectivity index (χ1) is 7.57. The number of nitrogens with zero attached hydrogens (tertiary/aromatic N) is 1. The van der Waals surface area contributed by atoms with Crippen molar-refractivity contribution < 1.29 is 19.7 Å². The second kappa shape index (κ2) is 8.82. The summed E-state index contributed by atoms with van der Waals surface area (Å²) in [4.78, 5) is 13.8. The third-order valence-electron chi connectivity index (χ3n) is 1.47. The molecular weight excluding hydrogens is 210 g/mol. The van der Waals surface area contributed by atoms with Crippen molar-refractivity contribution in [3.63, 3.8) is 0 Å². The SMILES string of the molecule is CCOCC(C)O.O=C(O)c1cccnc1. The van der Waals surface area contributed by atoms with Crippen LogP contribution in [0.5, 0.6) is 0 Å². The van der Waals surface area contributed by atoms with E-state index >= 15 is 0 Å². The normalized spacial score (nSPS) is 11.2. The van der Waals surface area contributed by atoms with Crippen molar-refractivity contribution in [1.82, 2.24) is 4.98 Å². The summed E-state index contributed by atoms with van der Waals surface area (Å²) in [7, 11) is 0. The summed E-state index contributed by atoms with van der Waals surface area (Å²) in [5, 5.41) is 16.9. The standard InChI is InChI=1S/C6H5NO2.C5H12O2/c8-6(9)5-2-1-3-7-4-5;1-3-7-4-5(2)6/h1-4H,(H,8,9);5-6H,3-4H2,1-2H3. The number of rotatable bonds is 4. The molecule has 0 aliphatic rings. The van der Waals surface area contributed by atoms with E-state index < -0.39 is 5.97 Å². The van der Waals surface area contributed by atoms with Gasteiger partial charge in [0.05, 0.1) is 18.3 Å². The molecule has 0 aromatic carbocycles. The Bertz CT molecular complexity index is 287. The van der Waals surface area contributed by atoms with Crippen LogP contribution in [0.25, 0.3) is 0 Å². The maximum atomic E-state index is 10.2. The summed E-state index contributed by atoms with van der Waals surface area (Å²) in [6.45, 7) is 4.75. The molecule has 0 aliphatic heterocycles. The minimum absolute atomic E-state index is 0.220. The third kappa shape index (κ3) is 7.90. The second-order valence-electron chi connectivity index (χ2n) is 3.06. The van der Waals surface area contributed by atoms with Gasteiger partial charge in [0.2, 0.25) is 0 Å². The van der Waals surface area contributed by atoms with E-state index in [4.69, 9.17) is 14.9 Å². The van der Waals surface area contributed by atoms with E-state index in [-0.39, 0.29) is 11.7 Å². The number of aliphatic hydroxyl groups is 1. The Morgan fingerprint density at radius 2 is 2.31 bits per heavy atom. The molecule has 0 bridgehead atoms.